The maximum atomic E-state index is 12.7. The summed E-state index contributed by atoms with van der Waals surface area (Å²) in [6.07, 6.45) is 0. The summed E-state index contributed by atoms with van der Waals surface area (Å²) in [6.45, 7) is 4.97. The van der Waals surface area contributed by atoms with Crippen LogP contribution in [-0.4, -0.2) is 56.1 Å². The maximum absolute atomic E-state index is 12.7. The van der Waals surface area contributed by atoms with Gasteiger partial charge in [-0.2, -0.15) is 0 Å². The Morgan fingerprint density at radius 3 is 2.52 bits per heavy atom. The van der Waals surface area contributed by atoms with Crippen LogP contribution in [0.3, 0.4) is 0 Å². The van der Waals surface area contributed by atoms with Crippen LogP contribution < -0.4 is 15.0 Å². The smallest absolute Gasteiger partial charge is 0.293 e. The van der Waals surface area contributed by atoms with E-state index in [1.54, 1.807) is 19.2 Å². The molecule has 0 unspecified atom stereocenters. The maximum Gasteiger partial charge on any atom is 0.293 e. The summed E-state index contributed by atoms with van der Waals surface area (Å²) in [6, 6.07) is 11.8. The molecule has 0 saturated carbocycles. The summed E-state index contributed by atoms with van der Waals surface area (Å²) in [7, 11) is 3.61. The van der Waals surface area contributed by atoms with E-state index in [4.69, 9.17) is 4.74 Å². The monoisotopic (exact) mass is 398 g/mol. The number of anilines is 1. The Morgan fingerprint density at radius 2 is 1.86 bits per heavy atom. The Labute approximate surface area is 170 Å². The molecule has 8 nitrogen and oxygen atoms in total. The van der Waals surface area contributed by atoms with Crippen LogP contribution in [0.4, 0.5) is 11.4 Å². The molecule has 1 atom stereocenters. The molecule has 1 heterocycles. The highest BCUT2D eigenvalue weighted by Crippen LogP contribution is 2.30. The van der Waals surface area contributed by atoms with Crippen LogP contribution in [0.1, 0.15) is 28.9 Å². The predicted octanol–water partition coefficient (Wildman–Crippen LogP) is 2.85. The van der Waals surface area contributed by atoms with Crippen LogP contribution >= 0.6 is 0 Å². The van der Waals surface area contributed by atoms with Crippen molar-refractivity contribution in [3.63, 3.8) is 0 Å². The molecule has 1 fully saturated rings. The lowest BCUT2D eigenvalue weighted by atomic mass is 10.1. The third kappa shape index (κ3) is 4.65. The van der Waals surface area contributed by atoms with Gasteiger partial charge in [0.25, 0.3) is 11.6 Å². The Balaban J connectivity index is 1.80. The van der Waals surface area contributed by atoms with Gasteiger partial charge in [-0.3, -0.25) is 14.9 Å². The van der Waals surface area contributed by atoms with E-state index in [-0.39, 0.29) is 23.2 Å². The van der Waals surface area contributed by atoms with Gasteiger partial charge in [0.15, 0.2) is 0 Å². The molecule has 1 aliphatic rings. The lowest BCUT2D eigenvalue weighted by molar-refractivity contribution is -0.384. The number of piperazine rings is 1. The summed E-state index contributed by atoms with van der Waals surface area (Å²) >= 11 is 0. The van der Waals surface area contributed by atoms with E-state index in [9.17, 15) is 14.9 Å². The van der Waals surface area contributed by atoms with Gasteiger partial charge in [0.1, 0.15) is 11.4 Å². The van der Waals surface area contributed by atoms with Gasteiger partial charge in [0.2, 0.25) is 0 Å². The highest BCUT2D eigenvalue weighted by molar-refractivity contribution is 5.96. The zero-order valence-corrected chi connectivity index (χ0v) is 16.9. The molecule has 2 aromatic carbocycles. The molecule has 1 saturated heterocycles. The summed E-state index contributed by atoms with van der Waals surface area (Å²) in [5.41, 5.74) is 1.60. The van der Waals surface area contributed by atoms with Crippen molar-refractivity contribution in [2.75, 3.05) is 45.2 Å². The quantitative estimate of drug-likeness (QED) is 0.595. The first-order chi connectivity index (χ1) is 13.9. The van der Waals surface area contributed by atoms with E-state index in [1.165, 1.54) is 6.07 Å². The Bertz CT molecular complexity index is 894. The van der Waals surface area contributed by atoms with Crippen molar-refractivity contribution in [3.8, 4) is 5.75 Å². The van der Waals surface area contributed by atoms with E-state index in [1.807, 2.05) is 43.1 Å². The van der Waals surface area contributed by atoms with Gasteiger partial charge < -0.3 is 19.9 Å². The van der Waals surface area contributed by atoms with Gasteiger partial charge in [-0.25, -0.2) is 0 Å². The number of hydrogen-bond donors (Lipinski definition) is 1. The minimum Gasteiger partial charge on any atom is -0.496 e. The summed E-state index contributed by atoms with van der Waals surface area (Å²) < 4.78 is 5.35. The summed E-state index contributed by atoms with van der Waals surface area (Å²) in [5.74, 6) is 0.313. The number of nitrogens with zero attached hydrogens (tertiary/aromatic N) is 3. The fraction of sp³-hybridized carbons (Fsp3) is 0.381. The fourth-order valence-electron chi connectivity index (χ4n) is 3.51. The number of para-hydroxylation sites is 1. The van der Waals surface area contributed by atoms with Crippen molar-refractivity contribution in [1.29, 1.82) is 0 Å². The average Bonchev–Trinajstić information content (AvgIpc) is 2.73. The number of hydrogen-bond acceptors (Lipinski definition) is 6. The highest BCUT2D eigenvalue weighted by atomic mass is 16.6. The normalized spacial score (nSPS) is 15.6. The van der Waals surface area contributed by atoms with Crippen molar-refractivity contribution < 1.29 is 14.5 Å². The number of amides is 1. The van der Waals surface area contributed by atoms with Crippen molar-refractivity contribution in [2.45, 2.75) is 13.0 Å². The third-order valence-corrected chi connectivity index (χ3v) is 5.23. The van der Waals surface area contributed by atoms with E-state index < -0.39 is 4.92 Å². The summed E-state index contributed by atoms with van der Waals surface area (Å²) in [4.78, 5) is 28.1. The first kappa shape index (κ1) is 20.6. The number of nitro benzene ring substituents is 1. The zero-order chi connectivity index (χ0) is 21.0. The lowest BCUT2D eigenvalue weighted by Crippen LogP contribution is -2.44. The molecular formula is C21H26N4O4. The van der Waals surface area contributed by atoms with Crippen molar-refractivity contribution in [1.82, 2.24) is 10.2 Å². The molecule has 8 heteroatoms. The molecule has 0 bridgehead atoms. The molecule has 1 aliphatic heterocycles. The van der Waals surface area contributed by atoms with Crippen molar-refractivity contribution >= 4 is 17.3 Å². The molecule has 0 radical (unpaired) electrons. The van der Waals surface area contributed by atoms with Gasteiger partial charge in [-0.1, -0.05) is 18.2 Å². The molecule has 29 heavy (non-hydrogen) atoms. The number of carbonyl (C=O) groups excluding carboxylic acids is 1. The number of carbonyl (C=O) groups is 1. The molecule has 154 valence electrons. The number of nitrogens with one attached hydrogen (secondary N) is 1. The second kappa shape index (κ2) is 8.91. The zero-order valence-electron chi connectivity index (χ0n) is 16.9. The summed E-state index contributed by atoms with van der Waals surface area (Å²) in [5, 5.41) is 14.5. The lowest BCUT2D eigenvalue weighted by Gasteiger charge is -2.33. The largest absolute Gasteiger partial charge is 0.496 e. The number of likely N-dealkylation sites (N-methyl/N-ethyl adjacent to an activating group) is 1. The van der Waals surface area contributed by atoms with Crippen molar-refractivity contribution in [2.24, 2.45) is 0 Å². The molecule has 3 rings (SSSR count). The number of rotatable bonds is 6. The van der Waals surface area contributed by atoms with Crippen LogP contribution in [0, 0.1) is 10.1 Å². The highest BCUT2D eigenvalue weighted by Gasteiger charge is 2.25. The van der Waals surface area contributed by atoms with Crippen LogP contribution in [-0.2, 0) is 0 Å². The molecule has 1 amide bonds. The standard InChI is InChI=1S/C21H26N4O4/c1-15(17-6-4-5-7-20(17)29-3)22-21(26)16-8-9-18(19(14-16)25(27)28)24-12-10-23(2)11-13-24/h4-9,14-15H,10-13H2,1-3H3,(H,22,26)/t15-/m0/s1. The van der Waals surface area contributed by atoms with Crippen LogP contribution in [0.25, 0.3) is 0 Å². The molecule has 1 N–H and O–H groups in total. The first-order valence-corrected chi connectivity index (χ1v) is 9.56. The van der Waals surface area contributed by atoms with E-state index in [0.29, 0.717) is 24.5 Å². The van der Waals surface area contributed by atoms with Crippen LogP contribution in [0.5, 0.6) is 5.75 Å². The number of methoxy groups -OCH3 is 1. The minimum absolute atomic E-state index is 0.0489. The van der Waals surface area contributed by atoms with Gasteiger partial charge >= 0.3 is 0 Å². The fourth-order valence-corrected chi connectivity index (χ4v) is 3.51. The van der Waals surface area contributed by atoms with Crippen molar-refractivity contribution in [3.05, 3.63) is 63.7 Å². The van der Waals surface area contributed by atoms with E-state index >= 15 is 0 Å². The molecular weight excluding hydrogens is 372 g/mol. The molecule has 2 aromatic rings. The second-order valence-corrected chi connectivity index (χ2v) is 7.19. The van der Waals surface area contributed by atoms with Gasteiger partial charge in [-0.05, 0) is 32.2 Å². The molecule has 0 spiro atoms. The van der Waals surface area contributed by atoms with Gasteiger partial charge in [0, 0.05) is 43.4 Å². The van der Waals surface area contributed by atoms with Crippen LogP contribution in [0.2, 0.25) is 0 Å². The first-order valence-electron chi connectivity index (χ1n) is 9.56. The van der Waals surface area contributed by atoms with Gasteiger partial charge in [-0.15, -0.1) is 0 Å². The Hall–Kier alpha value is -3.13. The Kier molecular flexibility index (Phi) is 6.33. The predicted molar refractivity (Wildman–Crippen MR) is 112 cm³/mol. The van der Waals surface area contributed by atoms with Gasteiger partial charge in [0.05, 0.1) is 18.1 Å². The SMILES string of the molecule is COc1ccccc1[C@H](C)NC(=O)c1ccc(N2CCN(C)CC2)c([N+](=O)[O-])c1. The van der Waals surface area contributed by atoms with E-state index in [2.05, 4.69) is 10.2 Å². The number of ether oxygens (including phenoxy) is 1. The van der Waals surface area contributed by atoms with Crippen LogP contribution in [0.15, 0.2) is 42.5 Å². The minimum atomic E-state index is -0.423. The topological polar surface area (TPSA) is 88.0 Å². The number of nitro groups is 1. The molecule has 0 aliphatic carbocycles. The Morgan fingerprint density at radius 1 is 1.17 bits per heavy atom. The molecule has 0 aromatic heterocycles. The van der Waals surface area contributed by atoms with E-state index in [0.717, 1.165) is 18.7 Å². The number of benzene rings is 2. The third-order valence-electron chi connectivity index (χ3n) is 5.23. The average molecular weight is 398 g/mol. The second-order valence-electron chi connectivity index (χ2n) is 7.19.